The minimum atomic E-state index is -4.75. The summed E-state index contributed by atoms with van der Waals surface area (Å²) >= 11 is 12.0. The molecule has 0 radical (unpaired) electrons. The Morgan fingerprint density at radius 1 is 1.00 bits per heavy atom. The average Bonchev–Trinajstić information content (AvgIpc) is 3.05. The highest BCUT2D eigenvalue weighted by molar-refractivity contribution is 6.37. The molecule has 0 saturated heterocycles. The summed E-state index contributed by atoms with van der Waals surface area (Å²) in [5.41, 5.74) is -0.844. The van der Waals surface area contributed by atoms with E-state index in [1.165, 1.54) is 12.1 Å². The molecule has 1 N–H and O–H groups in total. The Morgan fingerprint density at radius 2 is 1.67 bits per heavy atom. The van der Waals surface area contributed by atoms with E-state index in [-0.39, 0.29) is 22.1 Å². The molecule has 2 heterocycles. The molecule has 1 amide bonds. The van der Waals surface area contributed by atoms with Crippen LogP contribution in [-0.2, 0) is 6.18 Å². The topological polar surface area (TPSA) is 59.3 Å². The van der Waals surface area contributed by atoms with Gasteiger partial charge >= 0.3 is 6.18 Å². The predicted molar refractivity (Wildman–Crippen MR) is 108 cm³/mol. The molecular formula is C20H11Cl2F3N4O. The fourth-order valence-electron chi connectivity index (χ4n) is 2.82. The number of nitrogens with one attached hydrogen (secondary N) is 1. The molecule has 0 aliphatic carbocycles. The molecule has 0 saturated carbocycles. The molecule has 0 spiro atoms. The minimum absolute atomic E-state index is 0.0573. The molecule has 0 aliphatic rings. The lowest BCUT2D eigenvalue weighted by Crippen LogP contribution is -2.15. The largest absolute Gasteiger partial charge is 0.433 e. The highest BCUT2D eigenvalue weighted by atomic mass is 35.5. The molecule has 2 aromatic heterocycles. The summed E-state index contributed by atoms with van der Waals surface area (Å²) in [7, 11) is 0. The van der Waals surface area contributed by atoms with Gasteiger partial charge in [0.2, 0.25) is 0 Å². The number of benzene rings is 2. The van der Waals surface area contributed by atoms with Gasteiger partial charge in [-0.15, -0.1) is 0 Å². The van der Waals surface area contributed by atoms with Gasteiger partial charge in [-0.05, 0) is 30.3 Å². The van der Waals surface area contributed by atoms with Crippen LogP contribution in [0.1, 0.15) is 16.2 Å². The third kappa shape index (κ3) is 3.83. The van der Waals surface area contributed by atoms with Crippen LogP contribution in [-0.4, -0.2) is 20.5 Å². The first-order valence-corrected chi connectivity index (χ1v) is 9.28. The van der Waals surface area contributed by atoms with Crippen molar-refractivity contribution in [1.82, 2.24) is 14.6 Å². The summed E-state index contributed by atoms with van der Waals surface area (Å²) in [6.45, 7) is 0. The van der Waals surface area contributed by atoms with E-state index in [4.69, 9.17) is 23.2 Å². The highest BCUT2D eigenvalue weighted by Gasteiger charge is 2.36. The molecule has 0 unspecified atom stereocenters. The molecular weight excluding hydrogens is 440 g/mol. The van der Waals surface area contributed by atoms with Crippen molar-refractivity contribution in [2.45, 2.75) is 6.18 Å². The zero-order chi connectivity index (χ0) is 21.5. The SMILES string of the molecule is O=C(Nc1ccc(Cl)cc1)c1nn2c(C(F)(F)F)cc(-c3ccccc3)nc2c1Cl. The van der Waals surface area contributed by atoms with E-state index >= 15 is 0 Å². The number of amides is 1. The molecule has 0 aliphatic heterocycles. The van der Waals surface area contributed by atoms with Gasteiger partial charge in [-0.25, -0.2) is 9.50 Å². The van der Waals surface area contributed by atoms with Crippen LogP contribution in [0.4, 0.5) is 18.9 Å². The van der Waals surface area contributed by atoms with Crippen molar-refractivity contribution >= 4 is 40.4 Å². The summed E-state index contributed by atoms with van der Waals surface area (Å²) in [6.07, 6.45) is -4.75. The van der Waals surface area contributed by atoms with E-state index in [2.05, 4.69) is 15.4 Å². The van der Waals surface area contributed by atoms with Gasteiger partial charge in [0.05, 0.1) is 5.69 Å². The number of nitrogens with zero attached hydrogens (tertiary/aromatic N) is 3. The fraction of sp³-hybridized carbons (Fsp3) is 0.0500. The number of carbonyl (C=O) groups excluding carboxylic acids is 1. The van der Waals surface area contributed by atoms with E-state index < -0.39 is 17.8 Å². The number of fused-ring (bicyclic) bond motifs is 1. The molecule has 4 rings (SSSR count). The normalized spacial score (nSPS) is 11.6. The van der Waals surface area contributed by atoms with Crippen LogP contribution in [0.2, 0.25) is 10.0 Å². The standard InChI is InChI=1S/C20H11Cl2F3N4O/c21-12-6-8-13(9-7-12)26-19(30)17-16(22)18-27-14(11-4-2-1-3-5-11)10-15(20(23,24)25)29(18)28-17/h1-10H,(H,26,30). The lowest BCUT2D eigenvalue weighted by atomic mass is 10.1. The molecule has 0 atom stereocenters. The van der Waals surface area contributed by atoms with Crippen molar-refractivity contribution in [3.8, 4) is 11.3 Å². The third-order valence-electron chi connectivity index (χ3n) is 4.21. The second-order valence-electron chi connectivity index (χ2n) is 6.25. The highest BCUT2D eigenvalue weighted by Crippen LogP contribution is 2.34. The first kappa shape index (κ1) is 20.2. The van der Waals surface area contributed by atoms with Crippen LogP contribution in [0.25, 0.3) is 16.9 Å². The van der Waals surface area contributed by atoms with Gasteiger partial charge in [0.1, 0.15) is 5.02 Å². The van der Waals surface area contributed by atoms with Crippen molar-refractivity contribution in [2.24, 2.45) is 0 Å². The van der Waals surface area contributed by atoms with E-state index in [0.717, 1.165) is 6.07 Å². The number of alkyl halides is 3. The van der Waals surface area contributed by atoms with E-state index in [1.54, 1.807) is 42.5 Å². The van der Waals surface area contributed by atoms with Crippen LogP contribution in [0, 0.1) is 0 Å². The number of hydrogen-bond donors (Lipinski definition) is 1. The monoisotopic (exact) mass is 450 g/mol. The molecule has 5 nitrogen and oxygen atoms in total. The quantitative estimate of drug-likeness (QED) is 0.417. The number of aromatic nitrogens is 3. The Morgan fingerprint density at radius 3 is 2.30 bits per heavy atom. The number of rotatable bonds is 3. The zero-order valence-corrected chi connectivity index (χ0v) is 16.4. The molecule has 30 heavy (non-hydrogen) atoms. The second-order valence-corrected chi connectivity index (χ2v) is 7.06. The van der Waals surface area contributed by atoms with Crippen molar-refractivity contribution in [1.29, 1.82) is 0 Å². The Balaban J connectivity index is 1.84. The van der Waals surface area contributed by atoms with E-state index in [0.29, 0.717) is 20.8 Å². The Bertz CT molecular complexity index is 1240. The van der Waals surface area contributed by atoms with Gasteiger partial charge in [-0.3, -0.25) is 4.79 Å². The lowest BCUT2D eigenvalue weighted by Gasteiger charge is -2.11. The Labute approximate surface area is 178 Å². The first-order valence-electron chi connectivity index (χ1n) is 8.53. The van der Waals surface area contributed by atoms with Crippen LogP contribution >= 0.6 is 23.2 Å². The summed E-state index contributed by atoms with van der Waals surface area (Å²) in [5.74, 6) is -0.776. The van der Waals surface area contributed by atoms with Crippen molar-refractivity contribution in [3.05, 3.63) is 82.1 Å². The third-order valence-corrected chi connectivity index (χ3v) is 4.81. The molecule has 2 aromatic carbocycles. The molecule has 152 valence electrons. The molecule has 0 fully saturated rings. The average molecular weight is 451 g/mol. The van der Waals surface area contributed by atoms with Gasteiger partial charge < -0.3 is 5.32 Å². The van der Waals surface area contributed by atoms with Crippen molar-refractivity contribution < 1.29 is 18.0 Å². The maximum Gasteiger partial charge on any atom is 0.433 e. The molecule has 10 heteroatoms. The number of anilines is 1. The van der Waals surface area contributed by atoms with Crippen molar-refractivity contribution in [3.63, 3.8) is 0 Å². The van der Waals surface area contributed by atoms with Gasteiger partial charge in [0, 0.05) is 16.3 Å². The first-order chi connectivity index (χ1) is 14.2. The zero-order valence-electron chi connectivity index (χ0n) is 14.9. The fourth-order valence-corrected chi connectivity index (χ4v) is 3.19. The van der Waals surface area contributed by atoms with Crippen LogP contribution in [0.15, 0.2) is 60.7 Å². The second kappa shape index (κ2) is 7.62. The van der Waals surface area contributed by atoms with E-state index in [1.807, 2.05) is 0 Å². The number of halogens is 5. The summed E-state index contributed by atoms with van der Waals surface area (Å²) in [6, 6.07) is 15.4. The Kier molecular flexibility index (Phi) is 5.13. The number of carbonyl (C=O) groups is 1. The van der Waals surface area contributed by atoms with Gasteiger partial charge in [0.25, 0.3) is 5.91 Å². The van der Waals surface area contributed by atoms with Crippen molar-refractivity contribution in [2.75, 3.05) is 5.32 Å². The maximum absolute atomic E-state index is 13.7. The smallest absolute Gasteiger partial charge is 0.321 e. The van der Waals surface area contributed by atoms with Gasteiger partial charge in [-0.1, -0.05) is 53.5 Å². The molecule has 0 bridgehead atoms. The van der Waals surface area contributed by atoms with Crippen LogP contribution < -0.4 is 5.32 Å². The molecule has 4 aromatic rings. The van der Waals surface area contributed by atoms with Gasteiger partial charge in [-0.2, -0.15) is 18.3 Å². The minimum Gasteiger partial charge on any atom is -0.321 e. The lowest BCUT2D eigenvalue weighted by molar-refractivity contribution is -0.142. The van der Waals surface area contributed by atoms with Gasteiger partial charge in [0.15, 0.2) is 17.0 Å². The van der Waals surface area contributed by atoms with Crippen LogP contribution in [0.3, 0.4) is 0 Å². The summed E-state index contributed by atoms with van der Waals surface area (Å²) in [5, 5.41) is 6.49. The number of hydrogen-bond acceptors (Lipinski definition) is 3. The Hall–Kier alpha value is -3.10. The predicted octanol–water partition coefficient (Wildman–Crippen LogP) is 5.97. The van der Waals surface area contributed by atoms with Crippen LogP contribution in [0.5, 0.6) is 0 Å². The summed E-state index contributed by atoms with van der Waals surface area (Å²) < 4.78 is 41.6. The van der Waals surface area contributed by atoms with E-state index in [9.17, 15) is 18.0 Å². The summed E-state index contributed by atoms with van der Waals surface area (Å²) in [4.78, 5) is 16.8. The maximum atomic E-state index is 13.7.